The SMILES string of the molecule is O=C(CCn1cncc1[C@@H]1CCCN1)N1CCCC1. The molecule has 2 aliphatic heterocycles. The van der Waals surface area contributed by atoms with E-state index in [4.69, 9.17) is 0 Å². The Morgan fingerprint density at radius 2 is 2.21 bits per heavy atom. The largest absolute Gasteiger partial charge is 0.343 e. The Hall–Kier alpha value is -1.36. The van der Waals surface area contributed by atoms with Gasteiger partial charge in [0.1, 0.15) is 0 Å². The highest BCUT2D eigenvalue weighted by Crippen LogP contribution is 2.22. The summed E-state index contributed by atoms with van der Waals surface area (Å²) in [5.74, 6) is 0.288. The standard InChI is InChI=1S/C14H22N4O/c19-14(17-7-1-2-8-17)5-9-18-11-15-10-13(18)12-4-3-6-16-12/h10-12,16H,1-9H2/t12-/m0/s1. The minimum absolute atomic E-state index is 0.288. The van der Waals surface area contributed by atoms with Gasteiger partial charge in [-0.2, -0.15) is 0 Å². The predicted octanol–water partition coefficient (Wildman–Crippen LogP) is 1.32. The third-order valence-electron chi connectivity index (χ3n) is 4.19. The van der Waals surface area contributed by atoms with Gasteiger partial charge in [-0.1, -0.05) is 0 Å². The lowest BCUT2D eigenvalue weighted by Crippen LogP contribution is -2.28. The zero-order valence-electron chi connectivity index (χ0n) is 11.3. The normalized spacial score (nSPS) is 23.2. The second-order valence-electron chi connectivity index (χ2n) is 5.50. The number of amides is 1. The van der Waals surface area contributed by atoms with E-state index in [-0.39, 0.29) is 5.91 Å². The smallest absolute Gasteiger partial charge is 0.224 e. The first-order valence-electron chi connectivity index (χ1n) is 7.36. The molecule has 0 saturated carbocycles. The van der Waals surface area contributed by atoms with Crippen LogP contribution in [0.5, 0.6) is 0 Å². The number of imidazole rings is 1. The maximum Gasteiger partial charge on any atom is 0.224 e. The Morgan fingerprint density at radius 1 is 1.37 bits per heavy atom. The van der Waals surface area contributed by atoms with Gasteiger partial charge in [0.05, 0.1) is 12.0 Å². The second kappa shape index (κ2) is 5.74. The first-order chi connectivity index (χ1) is 9.34. The summed E-state index contributed by atoms with van der Waals surface area (Å²) < 4.78 is 2.14. The minimum atomic E-state index is 0.288. The topological polar surface area (TPSA) is 50.2 Å². The zero-order valence-corrected chi connectivity index (χ0v) is 11.3. The highest BCUT2D eigenvalue weighted by atomic mass is 16.2. The van der Waals surface area contributed by atoms with Crippen molar-refractivity contribution in [3.8, 4) is 0 Å². The van der Waals surface area contributed by atoms with Crippen molar-refractivity contribution >= 4 is 5.91 Å². The molecule has 5 nitrogen and oxygen atoms in total. The highest BCUT2D eigenvalue weighted by molar-refractivity contribution is 5.76. The van der Waals surface area contributed by atoms with E-state index in [0.717, 1.165) is 39.0 Å². The average molecular weight is 262 g/mol. The number of carbonyl (C=O) groups excluding carboxylic acids is 1. The van der Waals surface area contributed by atoms with Crippen LogP contribution < -0.4 is 5.32 Å². The van der Waals surface area contributed by atoms with Crippen LogP contribution in [0.15, 0.2) is 12.5 Å². The Balaban J connectivity index is 1.57. The summed E-state index contributed by atoms with van der Waals surface area (Å²) >= 11 is 0. The maximum absolute atomic E-state index is 12.0. The van der Waals surface area contributed by atoms with Crippen LogP contribution in [0, 0.1) is 0 Å². The van der Waals surface area contributed by atoms with E-state index < -0.39 is 0 Å². The summed E-state index contributed by atoms with van der Waals surface area (Å²) in [7, 11) is 0. The van der Waals surface area contributed by atoms with Crippen LogP contribution in [0.25, 0.3) is 0 Å². The molecule has 0 spiro atoms. The van der Waals surface area contributed by atoms with E-state index in [1.54, 1.807) is 0 Å². The molecule has 3 heterocycles. The van der Waals surface area contributed by atoms with Crippen LogP contribution in [0.4, 0.5) is 0 Å². The zero-order chi connectivity index (χ0) is 13.1. The molecule has 1 aromatic rings. The Bertz CT molecular complexity index is 430. The number of likely N-dealkylation sites (tertiary alicyclic amines) is 1. The summed E-state index contributed by atoms with van der Waals surface area (Å²) in [6, 6.07) is 0.421. The lowest BCUT2D eigenvalue weighted by Gasteiger charge is -2.17. The van der Waals surface area contributed by atoms with Crippen molar-refractivity contribution in [1.82, 2.24) is 19.8 Å². The lowest BCUT2D eigenvalue weighted by molar-refractivity contribution is -0.130. The summed E-state index contributed by atoms with van der Waals surface area (Å²) in [5.41, 5.74) is 1.23. The van der Waals surface area contributed by atoms with Gasteiger partial charge in [0, 0.05) is 38.3 Å². The quantitative estimate of drug-likeness (QED) is 0.890. The van der Waals surface area contributed by atoms with Gasteiger partial charge in [0.2, 0.25) is 5.91 Å². The number of hydrogen-bond donors (Lipinski definition) is 1. The van der Waals surface area contributed by atoms with Crippen LogP contribution >= 0.6 is 0 Å². The van der Waals surface area contributed by atoms with E-state index in [2.05, 4.69) is 14.9 Å². The molecule has 0 aromatic carbocycles. The summed E-state index contributed by atoms with van der Waals surface area (Å²) in [6.07, 6.45) is 9.10. The first-order valence-corrected chi connectivity index (χ1v) is 7.36. The molecule has 104 valence electrons. The number of nitrogens with zero attached hydrogens (tertiary/aromatic N) is 3. The Labute approximate surface area is 114 Å². The van der Waals surface area contributed by atoms with E-state index in [0.29, 0.717) is 12.5 Å². The van der Waals surface area contributed by atoms with Gasteiger partial charge >= 0.3 is 0 Å². The summed E-state index contributed by atoms with van der Waals surface area (Å²) in [5, 5.41) is 3.49. The van der Waals surface area contributed by atoms with Gasteiger partial charge in [-0.3, -0.25) is 4.79 Å². The number of rotatable bonds is 4. The number of aromatic nitrogens is 2. The third-order valence-corrected chi connectivity index (χ3v) is 4.19. The van der Waals surface area contributed by atoms with E-state index in [1.165, 1.54) is 18.5 Å². The monoisotopic (exact) mass is 262 g/mol. The van der Waals surface area contributed by atoms with Crippen molar-refractivity contribution in [2.24, 2.45) is 0 Å². The molecule has 3 rings (SSSR count). The van der Waals surface area contributed by atoms with Crippen molar-refractivity contribution < 1.29 is 4.79 Å². The minimum Gasteiger partial charge on any atom is -0.343 e. The fraction of sp³-hybridized carbons (Fsp3) is 0.714. The van der Waals surface area contributed by atoms with Crippen molar-refractivity contribution in [3.63, 3.8) is 0 Å². The fourth-order valence-corrected chi connectivity index (χ4v) is 3.09. The van der Waals surface area contributed by atoms with Crippen molar-refractivity contribution in [1.29, 1.82) is 0 Å². The second-order valence-corrected chi connectivity index (χ2v) is 5.50. The van der Waals surface area contributed by atoms with Gasteiger partial charge in [-0.15, -0.1) is 0 Å². The van der Waals surface area contributed by atoms with E-state index >= 15 is 0 Å². The molecule has 1 atom stereocenters. The first kappa shape index (κ1) is 12.7. The molecule has 0 bridgehead atoms. The van der Waals surface area contributed by atoms with Crippen LogP contribution in [-0.2, 0) is 11.3 Å². The Morgan fingerprint density at radius 3 is 2.95 bits per heavy atom. The Kier molecular flexibility index (Phi) is 3.82. The number of hydrogen-bond acceptors (Lipinski definition) is 3. The molecule has 19 heavy (non-hydrogen) atoms. The van der Waals surface area contributed by atoms with E-state index in [9.17, 15) is 4.79 Å². The molecule has 0 unspecified atom stereocenters. The van der Waals surface area contributed by atoms with Crippen LogP contribution in [0.2, 0.25) is 0 Å². The molecule has 0 radical (unpaired) electrons. The van der Waals surface area contributed by atoms with Crippen molar-refractivity contribution in [2.75, 3.05) is 19.6 Å². The summed E-state index contributed by atoms with van der Waals surface area (Å²) in [4.78, 5) is 18.3. The van der Waals surface area contributed by atoms with Gasteiger partial charge in [0.25, 0.3) is 0 Å². The molecule has 2 aliphatic rings. The van der Waals surface area contributed by atoms with E-state index in [1.807, 2.05) is 17.4 Å². The lowest BCUT2D eigenvalue weighted by atomic mass is 10.2. The molecule has 2 saturated heterocycles. The molecular weight excluding hydrogens is 240 g/mol. The molecule has 0 aliphatic carbocycles. The predicted molar refractivity (Wildman–Crippen MR) is 72.6 cm³/mol. The van der Waals surface area contributed by atoms with Crippen LogP contribution in [0.1, 0.15) is 43.8 Å². The molecular formula is C14H22N4O. The van der Waals surface area contributed by atoms with Gasteiger partial charge in [-0.05, 0) is 32.2 Å². The van der Waals surface area contributed by atoms with Crippen LogP contribution in [0.3, 0.4) is 0 Å². The molecule has 2 fully saturated rings. The third kappa shape index (κ3) is 2.81. The molecule has 1 N–H and O–H groups in total. The molecule has 1 aromatic heterocycles. The molecule has 1 amide bonds. The van der Waals surface area contributed by atoms with Gasteiger partial charge in [-0.25, -0.2) is 4.98 Å². The van der Waals surface area contributed by atoms with Crippen LogP contribution in [-0.4, -0.2) is 40.0 Å². The van der Waals surface area contributed by atoms with Gasteiger partial charge in [0.15, 0.2) is 0 Å². The van der Waals surface area contributed by atoms with Crippen molar-refractivity contribution in [2.45, 2.75) is 44.7 Å². The fourth-order valence-electron chi connectivity index (χ4n) is 3.09. The molecule has 5 heteroatoms. The summed E-state index contributed by atoms with van der Waals surface area (Å²) in [6.45, 7) is 3.73. The van der Waals surface area contributed by atoms with Gasteiger partial charge < -0.3 is 14.8 Å². The average Bonchev–Trinajstić information content (AvgIpc) is 3.14. The van der Waals surface area contributed by atoms with Crippen molar-refractivity contribution in [3.05, 3.63) is 18.2 Å². The number of nitrogens with one attached hydrogen (secondary N) is 1. The maximum atomic E-state index is 12.0. The highest BCUT2D eigenvalue weighted by Gasteiger charge is 2.21. The number of aryl methyl sites for hydroxylation is 1. The number of carbonyl (C=O) groups is 1.